The smallest absolute Gasteiger partial charge is 0.241 e. The summed E-state index contributed by atoms with van der Waals surface area (Å²) in [6, 6.07) is 24.1. The Morgan fingerprint density at radius 3 is 2.55 bits per heavy atom. The predicted octanol–water partition coefficient (Wildman–Crippen LogP) is 4.30. The van der Waals surface area contributed by atoms with Crippen LogP contribution in [0.5, 0.6) is 11.5 Å². The molecule has 0 bridgehead atoms. The average Bonchev–Trinajstić information content (AvgIpc) is 3.23. The van der Waals surface area contributed by atoms with Crippen LogP contribution in [0.3, 0.4) is 0 Å². The lowest BCUT2D eigenvalue weighted by Gasteiger charge is -2.22. The molecule has 5 heteroatoms. The molecule has 0 radical (unpaired) electrons. The number of hydrogen-bond acceptors (Lipinski definition) is 4. The first-order valence-electron chi connectivity index (χ1n) is 10.5. The van der Waals surface area contributed by atoms with Crippen LogP contribution in [0.15, 0.2) is 72.8 Å². The molecular weight excluding hydrogens is 388 g/mol. The number of anilines is 1. The number of rotatable bonds is 8. The van der Waals surface area contributed by atoms with Gasteiger partial charge in [-0.25, -0.2) is 0 Å². The van der Waals surface area contributed by atoms with Crippen LogP contribution in [0.25, 0.3) is 0 Å². The number of nitrogens with zero attached hydrogens (tertiary/aromatic N) is 2. The van der Waals surface area contributed by atoms with Crippen LogP contribution in [-0.4, -0.2) is 38.1 Å². The summed E-state index contributed by atoms with van der Waals surface area (Å²) in [5.41, 5.74) is 4.47. The first-order chi connectivity index (χ1) is 15.1. The van der Waals surface area contributed by atoms with Crippen LogP contribution < -0.4 is 14.4 Å². The topological polar surface area (TPSA) is 42.0 Å². The standard InChI is InChI=1S/C26H28N2O3/c1-27(18-26(29)28-15-14-22-10-6-7-11-23(22)28)17-21-12-13-24(25(16-21)30-2)31-19-20-8-4-3-5-9-20/h3-13,16H,14-15,17-19H2,1-2H3. The summed E-state index contributed by atoms with van der Waals surface area (Å²) in [6.07, 6.45) is 0.924. The summed E-state index contributed by atoms with van der Waals surface area (Å²) < 4.78 is 11.5. The number of fused-ring (bicyclic) bond motifs is 1. The Hall–Kier alpha value is -3.31. The average molecular weight is 417 g/mol. The number of methoxy groups -OCH3 is 1. The molecule has 0 aromatic heterocycles. The molecule has 0 saturated carbocycles. The molecule has 0 atom stereocenters. The molecule has 0 unspecified atom stereocenters. The van der Waals surface area contributed by atoms with E-state index in [4.69, 9.17) is 9.47 Å². The van der Waals surface area contributed by atoms with Crippen LogP contribution in [0.2, 0.25) is 0 Å². The van der Waals surface area contributed by atoms with Gasteiger partial charge in [-0.05, 0) is 48.4 Å². The third-order valence-corrected chi connectivity index (χ3v) is 5.51. The van der Waals surface area contributed by atoms with E-state index in [-0.39, 0.29) is 5.91 Å². The van der Waals surface area contributed by atoms with Gasteiger partial charge in [0, 0.05) is 18.8 Å². The van der Waals surface area contributed by atoms with E-state index in [1.54, 1.807) is 7.11 Å². The molecule has 0 spiro atoms. The fraction of sp³-hybridized carbons (Fsp3) is 0.269. The van der Waals surface area contributed by atoms with Crippen molar-refractivity contribution in [2.24, 2.45) is 0 Å². The van der Waals surface area contributed by atoms with Crippen molar-refractivity contribution in [1.29, 1.82) is 0 Å². The molecule has 1 amide bonds. The van der Waals surface area contributed by atoms with Crippen LogP contribution in [-0.2, 0) is 24.4 Å². The second-order valence-electron chi connectivity index (χ2n) is 7.86. The van der Waals surface area contributed by atoms with Crippen LogP contribution in [0.1, 0.15) is 16.7 Å². The van der Waals surface area contributed by atoms with Gasteiger partial charge in [-0.3, -0.25) is 9.69 Å². The van der Waals surface area contributed by atoms with Gasteiger partial charge >= 0.3 is 0 Å². The van der Waals surface area contributed by atoms with Crippen molar-refractivity contribution in [3.63, 3.8) is 0 Å². The zero-order chi connectivity index (χ0) is 21.6. The molecule has 0 aliphatic carbocycles. The monoisotopic (exact) mass is 416 g/mol. The molecule has 160 valence electrons. The van der Waals surface area contributed by atoms with E-state index in [1.807, 2.05) is 83.6 Å². The zero-order valence-electron chi connectivity index (χ0n) is 18.1. The number of amides is 1. The highest BCUT2D eigenvalue weighted by Crippen LogP contribution is 2.30. The molecule has 1 heterocycles. The Bertz CT molecular complexity index is 1040. The van der Waals surface area contributed by atoms with Crippen LogP contribution in [0.4, 0.5) is 5.69 Å². The quantitative estimate of drug-likeness (QED) is 0.549. The molecule has 1 aliphatic rings. The molecule has 0 saturated heterocycles. The Morgan fingerprint density at radius 1 is 0.968 bits per heavy atom. The van der Waals surface area contributed by atoms with E-state index < -0.39 is 0 Å². The molecule has 4 rings (SSSR count). The highest BCUT2D eigenvalue weighted by molar-refractivity contribution is 5.96. The number of carbonyl (C=O) groups excluding carboxylic acids is 1. The maximum Gasteiger partial charge on any atom is 0.241 e. The van der Waals surface area contributed by atoms with Gasteiger partial charge in [0.05, 0.1) is 13.7 Å². The Morgan fingerprint density at radius 2 is 1.74 bits per heavy atom. The van der Waals surface area contributed by atoms with Gasteiger partial charge in [0.1, 0.15) is 6.61 Å². The third-order valence-electron chi connectivity index (χ3n) is 5.51. The Kier molecular flexibility index (Phi) is 6.53. The van der Waals surface area contributed by atoms with Crippen molar-refractivity contribution >= 4 is 11.6 Å². The summed E-state index contributed by atoms with van der Waals surface area (Å²) in [7, 11) is 3.61. The van der Waals surface area contributed by atoms with Crippen LogP contribution >= 0.6 is 0 Å². The number of para-hydroxylation sites is 1. The van der Waals surface area contributed by atoms with E-state index >= 15 is 0 Å². The predicted molar refractivity (Wildman–Crippen MR) is 123 cm³/mol. The molecular formula is C26H28N2O3. The van der Waals surface area contributed by atoms with Gasteiger partial charge in [-0.2, -0.15) is 0 Å². The minimum atomic E-state index is 0.127. The van der Waals surface area contributed by atoms with E-state index in [1.165, 1.54) is 5.56 Å². The van der Waals surface area contributed by atoms with Gasteiger partial charge in [-0.15, -0.1) is 0 Å². The van der Waals surface area contributed by atoms with Crippen molar-refractivity contribution in [2.75, 3.05) is 32.1 Å². The first kappa shape index (κ1) is 20.9. The lowest BCUT2D eigenvalue weighted by atomic mass is 10.2. The summed E-state index contributed by atoms with van der Waals surface area (Å²) >= 11 is 0. The van der Waals surface area contributed by atoms with Crippen molar-refractivity contribution in [3.8, 4) is 11.5 Å². The Labute approximate surface area is 183 Å². The van der Waals surface area contributed by atoms with Crippen molar-refractivity contribution < 1.29 is 14.3 Å². The zero-order valence-corrected chi connectivity index (χ0v) is 18.1. The van der Waals surface area contributed by atoms with E-state index in [2.05, 4.69) is 6.07 Å². The van der Waals surface area contributed by atoms with Gasteiger partial charge in [0.15, 0.2) is 11.5 Å². The number of ether oxygens (including phenoxy) is 2. The van der Waals surface area contributed by atoms with Gasteiger partial charge in [-0.1, -0.05) is 54.6 Å². The molecule has 1 aliphatic heterocycles. The van der Waals surface area contributed by atoms with E-state index in [0.29, 0.717) is 31.2 Å². The summed E-state index contributed by atoms with van der Waals surface area (Å²) in [6.45, 7) is 2.26. The maximum absolute atomic E-state index is 12.8. The maximum atomic E-state index is 12.8. The molecule has 3 aromatic rings. The molecule has 5 nitrogen and oxygen atoms in total. The van der Waals surface area contributed by atoms with Crippen molar-refractivity contribution in [2.45, 2.75) is 19.6 Å². The highest BCUT2D eigenvalue weighted by atomic mass is 16.5. The second-order valence-corrected chi connectivity index (χ2v) is 7.86. The molecule has 31 heavy (non-hydrogen) atoms. The summed E-state index contributed by atoms with van der Waals surface area (Å²) in [4.78, 5) is 16.8. The fourth-order valence-corrected chi connectivity index (χ4v) is 3.95. The third kappa shape index (κ3) is 5.06. The van der Waals surface area contributed by atoms with Crippen molar-refractivity contribution in [3.05, 3.63) is 89.5 Å². The number of hydrogen-bond donors (Lipinski definition) is 0. The first-order valence-corrected chi connectivity index (χ1v) is 10.5. The molecule has 0 fully saturated rings. The SMILES string of the molecule is COc1cc(CN(C)CC(=O)N2CCc3ccccc32)ccc1OCc1ccccc1. The lowest BCUT2D eigenvalue weighted by molar-refractivity contribution is -0.119. The fourth-order valence-electron chi connectivity index (χ4n) is 3.95. The van der Waals surface area contributed by atoms with Gasteiger partial charge in [0.2, 0.25) is 5.91 Å². The summed E-state index contributed by atoms with van der Waals surface area (Å²) in [5, 5.41) is 0. The van der Waals surface area contributed by atoms with E-state index in [9.17, 15) is 4.79 Å². The molecule has 3 aromatic carbocycles. The number of benzene rings is 3. The summed E-state index contributed by atoms with van der Waals surface area (Å²) in [5.74, 6) is 1.53. The minimum absolute atomic E-state index is 0.127. The Balaban J connectivity index is 1.36. The number of likely N-dealkylation sites (N-methyl/N-ethyl adjacent to an activating group) is 1. The highest BCUT2D eigenvalue weighted by Gasteiger charge is 2.24. The van der Waals surface area contributed by atoms with Gasteiger partial charge < -0.3 is 14.4 Å². The normalized spacial score (nSPS) is 12.7. The second kappa shape index (κ2) is 9.67. The largest absolute Gasteiger partial charge is 0.493 e. The van der Waals surface area contributed by atoms with Gasteiger partial charge in [0.25, 0.3) is 0 Å². The van der Waals surface area contributed by atoms with Crippen molar-refractivity contribution in [1.82, 2.24) is 4.90 Å². The number of carbonyl (C=O) groups is 1. The molecule has 0 N–H and O–H groups in total. The van der Waals surface area contributed by atoms with Crippen LogP contribution in [0, 0.1) is 0 Å². The van der Waals surface area contributed by atoms with E-state index in [0.717, 1.165) is 29.8 Å². The lowest BCUT2D eigenvalue weighted by Crippen LogP contribution is -2.37. The minimum Gasteiger partial charge on any atom is -0.493 e.